The first-order chi connectivity index (χ1) is 13.2. The van der Waals surface area contributed by atoms with Gasteiger partial charge in [0.2, 0.25) is 0 Å². The minimum Gasteiger partial charge on any atom is -0.460 e. The Kier molecular flexibility index (Phi) is 5.74. The van der Waals surface area contributed by atoms with Crippen molar-refractivity contribution in [3.05, 3.63) is 36.2 Å². The van der Waals surface area contributed by atoms with E-state index in [0.29, 0.717) is 37.9 Å². The topological polar surface area (TPSA) is 89.3 Å². The van der Waals surface area contributed by atoms with Crippen molar-refractivity contribution in [3.8, 4) is 0 Å². The summed E-state index contributed by atoms with van der Waals surface area (Å²) in [5.41, 5.74) is -0.365. The Balaban J connectivity index is 1.81. The van der Waals surface area contributed by atoms with Gasteiger partial charge in [0, 0.05) is 25.2 Å². The molecule has 0 amide bonds. The van der Waals surface area contributed by atoms with Crippen LogP contribution in [0.1, 0.15) is 52.1 Å². The smallest absolute Gasteiger partial charge is 0.312 e. The zero-order valence-corrected chi connectivity index (χ0v) is 17.1. The van der Waals surface area contributed by atoms with Crippen LogP contribution in [-0.4, -0.2) is 37.5 Å². The number of aromatic nitrogens is 3. The molecule has 0 radical (unpaired) electrons. The lowest BCUT2D eigenvalue weighted by atomic mass is 9.70. The summed E-state index contributed by atoms with van der Waals surface area (Å²) in [6, 6.07) is 7.63. The molecule has 0 unspecified atom stereocenters. The molecule has 1 aliphatic rings. The van der Waals surface area contributed by atoms with Crippen molar-refractivity contribution in [1.29, 1.82) is 0 Å². The molecule has 0 saturated heterocycles. The number of nitrogens with one attached hydrogen (secondary N) is 1. The van der Waals surface area contributed by atoms with Gasteiger partial charge in [0.25, 0.3) is 0 Å². The molecule has 2 aromatic rings. The molecule has 0 aromatic carbocycles. The number of aryl methyl sites for hydroxylation is 1. The molecular weight excluding hydrogens is 356 g/mol. The van der Waals surface area contributed by atoms with Crippen LogP contribution in [0.4, 0.5) is 11.6 Å². The highest BCUT2D eigenvalue weighted by Crippen LogP contribution is 2.41. The maximum Gasteiger partial charge on any atom is 0.312 e. The summed E-state index contributed by atoms with van der Waals surface area (Å²) in [5, 5.41) is 17.3. The van der Waals surface area contributed by atoms with Crippen LogP contribution < -0.4 is 5.32 Å². The fraction of sp³-hybridized carbons (Fsp3) is 0.571. The zero-order chi connectivity index (χ0) is 20.4. The first-order valence-electron chi connectivity index (χ1n) is 9.79. The van der Waals surface area contributed by atoms with Crippen LogP contribution in [-0.2, 0) is 23.0 Å². The van der Waals surface area contributed by atoms with E-state index in [2.05, 4.69) is 10.4 Å². The number of rotatable bonds is 5. The Morgan fingerprint density at radius 1 is 1.32 bits per heavy atom. The maximum atomic E-state index is 13.1. The monoisotopic (exact) mass is 386 g/mol. The van der Waals surface area contributed by atoms with Gasteiger partial charge in [0.15, 0.2) is 0 Å². The minimum absolute atomic E-state index is 0.196. The number of carbonyl (C=O) groups is 1. The Morgan fingerprint density at radius 2 is 2.04 bits per heavy atom. The van der Waals surface area contributed by atoms with Gasteiger partial charge in [-0.3, -0.25) is 9.48 Å². The molecular formula is C21H30N4O3. The predicted octanol–water partition coefficient (Wildman–Crippen LogP) is 3.36. The first-order valence-corrected chi connectivity index (χ1v) is 9.79. The fourth-order valence-electron chi connectivity index (χ4n) is 3.62. The highest BCUT2D eigenvalue weighted by atomic mass is 16.6. The lowest BCUT2D eigenvalue weighted by Crippen LogP contribution is -2.43. The molecule has 0 bridgehead atoms. The van der Waals surface area contributed by atoms with E-state index in [1.165, 1.54) is 0 Å². The molecule has 7 nitrogen and oxygen atoms in total. The molecule has 1 saturated carbocycles. The predicted molar refractivity (Wildman–Crippen MR) is 107 cm³/mol. The minimum atomic E-state index is -0.648. The molecule has 0 atom stereocenters. The summed E-state index contributed by atoms with van der Waals surface area (Å²) in [5.74, 6) is 1.35. The van der Waals surface area contributed by atoms with E-state index in [-0.39, 0.29) is 12.1 Å². The number of aliphatic hydroxyl groups is 1. The van der Waals surface area contributed by atoms with Gasteiger partial charge < -0.3 is 15.2 Å². The number of ether oxygens (including phenoxy) is 1. The number of anilines is 2. The Bertz CT molecular complexity index is 817. The summed E-state index contributed by atoms with van der Waals surface area (Å²) in [4.78, 5) is 17.8. The van der Waals surface area contributed by atoms with Crippen molar-refractivity contribution in [1.82, 2.24) is 14.8 Å². The SMILES string of the molecule is Cn1nccc1Nc1cccc(CC2(C(=O)OC(C)(C)C)CCC(O)CC2)n1. The molecule has 1 fully saturated rings. The van der Waals surface area contributed by atoms with E-state index in [9.17, 15) is 9.90 Å². The molecule has 152 valence electrons. The lowest BCUT2D eigenvalue weighted by Gasteiger charge is -2.38. The van der Waals surface area contributed by atoms with Gasteiger partial charge in [-0.05, 0) is 58.6 Å². The molecule has 28 heavy (non-hydrogen) atoms. The van der Waals surface area contributed by atoms with Crippen LogP contribution in [0.5, 0.6) is 0 Å². The van der Waals surface area contributed by atoms with Gasteiger partial charge in [0.1, 0.15) is 17.2 Å². The van der Waals surface area contributed by atoms with Gasteiger partial charge in [-0.2, -0.15) is 5.10 Å². The molecule has 2 heterocycles. The Hall–Kier alpha value is -2.41. The normalized spacial score (nSPS) is 22.7. The largest absolute Gasteiger partial charge is 0.460 e. The quantitative estimate of drug-likeness (QED) is 0.766. The van der Waals surface area contributed by atoms with E-state index in [1.807, 2.05) is 52.1 Å². The fourth-order valence-corrected chi connectivity index (χ4v) is 3.62. The van der Waals surface area contributed by atoms with Crippen LogP contribution in [0.15, 0.2) is 30.5 Å². The average molecular weight is 386 g/mol. The van der Waals surface area contributed by atoms with Crippen molar-refractivity contribution in [2.24, 2.45) is 12.5 Å². The number of esters is 1. The third-order valence-corrected chi connectivity index (χ3v) is 5.15. The number of aliphatic hydroxyl groups excluding tert-OH is 1. The lowest BCUT2D eigenvalue weighted by molar-refractivity contribution is -0.171. The number of nitrogens with zero attached hydrogens (tertiary/aromatic N) is 3. The van der Waals surface area contributed by atoms with Crippen LogP contribution in [0.2, 0.25) is 0 Å². The summed E-state index contributed by atoms with van der Waals surface area (Å²) in [6.45, 7) is 5.65. The second-order valence-electron chi connectivity index (χ2n) is 8.67. The molecule has 0 aliphatic heterocycles. The number of pyridine rings is 1. The van der Waals surface area contributed by atoms with E-state index in [4.69, 9.17) is 9.72 Å². The van der Waals surface area contributed by atoms with E-state index in [0.717, 1.165) is 11.5 Å². The highest BCUT2D eigenvalue weighted by Gasteiger charge is 2.44. The average Bonchev–Trinajstić information content (AvgIpc) is 3.01. The van der Waals surface area contributed by atoms with Crippen molar-refractivity contribution in [2.75, 3.05) is 5.32 Å². The van der Waals surface area contributed by atoms with Gasteiger partial charge >= 0.3 is 5.97 Å². The summed E-state index contributed by atoms with van der Waals surface area (Å²) >= 11 is 0. The molecule has 0 spiro atoms. The van der Waals surface area contributed by atoms with Crippen LogP contribution in [0.25, 0.3) is 0 Å². The van der Waals surface area contributed by atoms with Crippen molar-refractivity contribution in [2.45, 2.75) is 64.6 Å². The Labute approximate surface area is 166 Å². The third-order valence-electron chi connectivity index (χ3n) is 5.15. The second kappa shape index (κ2) is 7.91. The summed E-state index contributed by atoms with van der Waals surface area (Å²) < 4.78 is 7.48. The first kappa shape index (κ1) is 20.3. The van der Waals surface area contributed by atoms with Crippen molar-refractivity contribution in [3.63, 3.8) is 0 Å². The van der Waals surface area contributed by atoms with Gasteiger partial charge in [0.05, 0.1) is 17.7 Å². The summed E-state index contributed by atoms with van der Waals surface area (Å²) in [6.07, 6.45) is 4.28. The molecule has 1 aliphatic carbocycles. The number of carbonyl (C=O) groups excluding carboxylic acids is 1. The standard InChI is InChI=1S/C21H30N4O3/c1-20(2,3)28-19(27)21(11-8-16(26)9-12-21)14-15-6-5-7-17(23-15)24-18-10-13-22-25(18)4/h5-7,10,13,16,26H,8-9,11-12,14H2,1-4H3,(H,23,24). The van der Waals surface area contributed by atoms with Crippen molar-refractivity contribution >= 4 is 17.6 Å². The zero-order valence-electron chi connectivity index (χ0n) is 17.1. The molecule has 7 heteroatoms. The van der Waals surface area contributed by atoms with Gasteiger partial charge in [-0.1, -0.05) is 6.07 Å². The van der Waals surface area contributed by atoms with Crippen molar-refractivity contribution < 1.29 is 14.6 Å². The van der Waals surface area contributed by atoms with E-state index < -0.39 is 11.0 Å². The van der Waals surface area contributed by atoms with Crippen LogP contribution >= 0.6 is 0 Å². The molecule has 3 rings (SSSR count). The Morgan fingerprint density at radius 3 is 2.64 bits per heavy atom. The van der Waals surface area contributed by atoms with Gasteiger partial charge in [-0.15, -0.1) is 0 Å². The third kappa shape index (κ3) is 4.90. The van der Waals surface area contributed by atoms with Crippen LogP contribution in [0, 0.1) is 5.41 Å². The molecule has 2 N–H and O–H groups in total. The molecule has 2 aromatic heterocycles. The number of hydrogen-bond donors (Lipinski definition) is 2. The maximum absolute atomic E-state index is 13.1. The van der Waals surface area contributed by atoms with E-state index in [1.54, 1.807) is 10.9 Å². The second-order valence-corrected chi connectivity index (χ2v) is 8.67. The summed E-state index contributed by atoms with van der Waals surface area (Å²) in [7, 11) is 1.86. The van der Waals surface area contributed by atoms with E-state index >= 15 is 0 Å². The highest BCUT2D eigenvalue weighted by molar-refractivity contribution is 5.78. The number of hydrogen-bond acceptors (Lipinski definition) is 6. The van der Waals surface area contributed by atoms with Crippen LogP contribution in [0.3, 0.4) is 0 Å². The van der Waals surface area contributed by atoms with Gasteiger partial charge in [-0.25, -0.2) is 4.98 Å².